The zero-order valence-corrected chi connectivity index (χ0v) is 14.8. The largest absolute Gasteiger partial charge is 0.375 e. The van der Waals surface area contributed by atoms with Crippen LogP contribution in [0.5, 0.6) is 0 Å². The first-order chi connectivity index (χ1) is 12.7. The smallest absolute Gasteiger partial charge is 0.322 e. The average molecular weight is 353 g/mol. The lowest BCUT2D eigenvalue weighted by atomic mass is 10.1. The number of carbonyl (C=O) groups is 2. The van der Waals surface area contributed by atoms with Gasteiger partial charge < -0.3 is 20.3 Å². The monoisotopic (exact) mass is 353 g/mol. The standard InChI is InChI=1S/C20H23N3O3/c1-26-14-19(24)21-16-9-11-17(12-10-16)22-20(25)23-13-5-8-18(23)15-6-3-2-4-7-15/h2-4,6-7,9-12,18H,5,8,13-14H2,1H3,(H,21,24)(H,22,25). The summed E-state index contributed by atoms with van der Waals surface area (Å²) in [5.41, 5.74) is 2.52. The maximum Gasteiger partial charge on any atom is 0.322 e. The van der Waals surface area contributed by atoms with Gasteiger partial charge in [-0.2, -0.15) is 0 Å². The van der Waals surface area contributed by atoms with Crippen LogP contribution in [-0.4, -0.2) is 37.1 Å². The summed E-state index contributed by atoms with van der Waals surface area (Å²) in [5, 5.41) is 5.66. The van der Waals surface area contributed by atoms with Crippen LogP contribution < -0.4 is 10.6 Å². The Hall–Kier alpha value is -2.86. The third-order valence-electron chi connectivity index (χ3n) is 4.39. The molecule has 0 radical (unpaired) electrons. The topological polar surface area (TPSA) is 70.7 Å². The molecule has 1 fully saturated rings. The van der Waals surface area contributed by atoms with Crippen molar-refractivity contribution in [3.63, 3.8) is 0 Å². The van der Waals surface area contributed by atoms with E-state index in [1.54, 1.807) is 24.3 Å². The van der Waals surface area contributed by atoms with E-state index in [1.807, 2.05) is 23.1 Å². The Labute approximate surface area is 153 Å². The van der Waals surface area contributed by atoms with Crippen LogP contribution in [0.3, 0.4) is 0 Å². The van der Waals surface area contributed by atoms with Crippen LogP contribution in [0, 0.1) is 0 Å². The zero-order valence-electron chi connectivity index (χ0n) is 14.8. The number of hydrogen-bond acceptors (Lipinski definition) is 3. The Morgan fingerprint density at radius 3 is 2.35 bits per heavy atom. The van der Waals surface area contributed by atoms with E-state index < -0.39 is 0 Å². The minimum atomic E-state index is -0.216. The summed E-state index contributed by atoms with van der Waals surface area (Å²) >= 11 is 0. The number of anilines is 2. The van der Waals surface area contributed by atoms with Gasteiger partial charge in [-0.05, 0) is 42.7 Å². The van der Waals surface area contributed by atoms with E-state index in [1.165, 1.54) is 7.11 Å². The first-order valence-corrected chi connectivity index (χ1v) is 8.69. The molecule has 136 valence electrons. The molecular formula is C20H23N3O3. The lowest BCUT2D eigenvalue weighted by Crippen LogP contribution is -2.34. The first kappa shape index (κ1) is 17.9. The second-order valence-electron chi connectivity index (χ2n) is 6.25. The minimum Gasteiger partial charge on any atom is -0.375 e. The summed E-state index contributed by atoms with van der Waals surface area (Å²) in [6.45, 7) is 0.755. The van der Waals surface area contributed by atoms with Gasteiger partial charge in [0.1, 0.15) is 6.61 Å². The van der Waals surface area contributed by atoms with Crippen molar-refractivity contribution in [3.05, 3.63) is 60.2 Å². The molecule has 2 N–H and O–H groups in total. The fraction of sp³-hybridized carbons (Fsp3) is 0.300. The van der Waals surface area contributed by atoms with Crippen LogP contribution in [0.1, 0.15) is 24.4 Å². The van der Waals surface area contributed by atoms with E-state index in [0.29, 0.717) is 11.4 Å². The van der Waals surface area contributed by atoms with Crippen molar-refractivity contribution in [2.24, 2.45) is 0 Å². The Kier molecular flexibility index (Phi) is 5.86. The van der Waals surface area contributed by atoms with Gasteiger partial charge in [-0.1, -0.05) is 30.3 Å². The molecule has 6 nitrogen and oxygen atoms in total. The number of carbonyl (C=O) groups excluding carboxylic acids is 2. The molecule has 3 rings (SSSR count). The Bertz CT molecular complexity index is 747. The quantitative estimate of drug-likeness (QED) is 0.862. The summed E-state index contributed by atoms with van der Waals surface area (Å²) in [4.78, 5) is 26.1. The van der Waals surface area contributed by atoms with E-state index in [2.05, 4.69) is 22.8 Å². The molecule has 2 aromatic carbocycles. The predicted octanol–water partition coefficient (Wildman–Crippen LogP) is 3.64. The summed E-state index contributed by atoms with van der Waals surface area (Å²) in [6, 6.07) is 17.2. The molecule has 1 aliphatic rings. The summed E-state index contributed by atoms with van der Waals surface area (Å²) in [6.07, 6.45) is 1.97. The fourth-order valence-corrected chi connectivity index (χ4v) is 3.19. The Balaban J connectivity index is 1.61. The number of rotatable bonds is 5. The molecule has 3 amide bonds. The molecule has 0 spiro atoms. The number of nitrogens with zero attached hydrogens (tertiary/aromatic N) is 1. The average Bonchev–Trinajstić information content (AvgIpc) is 3.14. The van der Waals surface area contributed by atoms with Gasteiger partial charge in [-0.25, -0.2) is 4.79 Å². The molecule has 1 saturated heterocycles. The Morgan fingerprint density at radius 2 is 1.69 bits per heavy atom. The van der Waals surface area contributed by atoms with Gasteiger partial charge in [0.15, 0.2) is 0 Å². The van der Waals surface area contributed by atoms with Crippen molar-refractivity contribution in [1.29, 1.82) is 0 Å². The normalized spacial score (nSPS) is 16.3. The minimum absolute atomic E-state index is 0.00826. The molecular weight excluding hydrogens is 330 g/mol. The highest BCUT2D eigenvalue weighted by atomic mass is 16.5. The molecule has 26 heavy (non-hydrogen) atoms. The van der Waals surface area contributed by atoms with Crippen LogP contribution in [0.25, 0.3) is 0 Å². The van der Waals surface area contributed by atoms with E-state index in [4.69, 9.17) is 4.74 Å². The van der Waals surface area contributed by atoms with E-state index in [9.17, 15) is 9.59 Å². The van der Waals surface area contributed by atoms with Crippen molar-refractivity contribution in [3.8, 4) is 0 Å². The van der Waals surface area contributed by atoms with Crippen molar-refractivity contribution in [2.45, 2.75) is 18.9 Å². The third-order valence-corrected chi connectivity index (χ3v) is 4.39. The van der Waals surface area contributed by atoms with E-state index in [0.717, 1.165) is 24.9 Å². The Morgan fingerprint density at radius 1 is 1.04 bits per heavy atom. The number of likely N-dealkylation sites (tertiary alicyclic amines) is 1. The van der Waals surface area contributed by atoms with Gasteiger partial charge in [0.05, 0.1) is 6.04 Å². The highest BCUT2D eigenvalue weighted by Crippen LogP contribution is 2.32. The van der Waals surface area contributed by atoms with Crippen LogP contribution in [0.15, 0.2) is 54.6 Å². The number of ether oxygens (including phenoxy) is 1. The third kappa shape index (κ3) is 4.40. The molecule has 0 bridgehead atoms. The van der Waals surface area contributed by atoms with Crippen molar-refractivity contribution >= 4 is 23.3 Å². The van der Waals surface area contributed by atoms with Crippen molar-refractivity contribution in [1.82, 2.24) is 4.90 Å². The summed E-state index contributed by atoms with van der Waals surface area (Å²) in [5.74, 6) is -0.216. The second-order valence-corrected chi connectivity index (χ2v) is 6.25. The lowest BCUT2D eigenvalue weighted by Gasteiger charge is -2.25. The van der Waals surface area contributed by atoms with Gasteiger partial charge in [0.2, 0.25) is 5.91 Å². The van der Waals surface area contributed by atoms with Crippen molar-refractivity contribution in [2.75, 3.05) is 30.9 Å². The molecule has 1 aliphatic heterocycles. The van der Waals surface area contributed by atoms with Crippen LogP contribution in [-0.2, 0) is 9.53 Å². The van der Waals surface area contributed by atoms with E-state index >= 15 is 0 Å². The number of urea groups is 1. The summed E-state index contributed by atoms with van der Waals surface area (Å²) < 4.78 is 4.78. The maximum absolute atomic E-state index is 12.7. The van der Waals surface area contributed by atoms with Crippen LogP contribution in [0.2, 0.25) is 0 Å². The molecule has 0 aliphatic carbocycles. The van der Waals surface area contributed by atoms with Gasteiger partial charge in [-0.3, -0.25) is 4.79 Å². The number of hydrogen-bond donors (Lipinski definition) is 2. The molecule has 0 aromatic heterocycles. The van der Waals surface area contributed by atoms with Gasteiger partial charge in [0.25, 0.3) is 0 Å². The summed E-state index contributed by atoms with van der Waals surface area (Å²) in [7, 11) is 1.47. The van der Waals surface area contributed by atoms with E-state index in [-0.39, 0.29) is 24.6 Å². The maximum atomic E-state index is 12.7. The van der Waals surface area contributed by atoms with Gasteiger partial charge >= 0.3 is 6.03 Å². The predicted molar refractivity (Wildman–Crippen MR) is 101 cm³/mol. The van der Waals surface area contributed by atoms with Crippen LogP contribution in [0.4, 0.5) is 16.2 Å². The van der Waals surface area contributed by atoms with Crippen LogP contribution >= 0.6 is 0 Å². The second kappa shape index (κ2) is 8.49. The van der Waals surface area contributed by atoms with Gasteiger partial charge in [0, 0.05) is 25.0 Å². The van der Waals surface area contributed by atoms with Gasteiger partial charge in [-0.15, -0.1) is 0 Å². The lowest BCUT2D eigenvalue weighted by molar-refractivity contribution is -0.119. The SMILES string of the molecule is COCC(=O)Nc1ccc(NC(=O)N2CCCC2c2ccccc2)cc1. The molecule has 6 heteroatoms. The first-order valence-electron chi connectivity index (χ1n) is 8.69. The number of benzene rings is 2. The molecule has 0 saturated carbocycles. The number of amides is 3. The van der Waals surface area contributed by atoms with Crippen molar-refractivity contribution < 1.29 is 14.3 Å². The molecule has 2 aromatic rings. The molecule has 1 unspecified atom stereocenters. The highest BCUT2D eigenvalue weighted by Gasteiger charge is 2.29. The highest BCUT2D eigenvalue weighted by molar-refractivity contribution is 5.93. The zero-order chi connectivity index (χ0) is 18.4. The number of nitrogens with one attached hydrogen (secondary N) is 2. The molecule has 1 atom stereocenters. The molecule has 1 heterocycles. The number of methoxy groups -OCH3 is 1. The fourth-order valence-electron chi connectivity index (χ4n) is 3.19.